The lowest BCUT2D eigenvalue weighted by molar-refractivity contribution is 0.495. The summed E-state index contributed by atoms with van der Waals surface area (Å²) < 4.78 is 28.1. The molecule has 1 aromatic carbocycles. The third-order valence-corrected chi connectivity index (χ3v) is 5.71. The Morgan fingerprint density at radius 1 is 1.30 bits per heavy atom. The average molecular weight is 296 g/mol. The molecule has 1 aliphatic rings. The van der Waals surface area contributed by atoms with E-state index < -0.39 is 10.0 Å². The minimum atomic E-state index is -3.47. The van der Waals surface area contributed by atoms with E-state index in [0.29, 0.717) is 27.6 Å². The van der Waals surface area contributed by atoms with Gasteiger partial charge in [-0.1, -0.05) is 19.8 Å². The number of benzene rings is 1. The van der Waals surface area contributed by atoms with Crippen molar-refractivity contribution in [2.45, 2.75) is 57.4 Å². The summed E-state index contributed by atoms with van der Waals surface area (Å²) in [6.45, 7) is 5.61. The van der Waals surface area contributed by atoms with E-state index in [1.165, 1.54) is 12.8 Å². The fourth-order valence-corrected chi connectivity index (χ4v) is 4.53. The molecule has 0 amide bonds. The highest BCUT2D eigenvalue weighted by molar-refractivity contribution is 7.89. The van der Waals surface area contributed by atoms with Crippen molar-refractivity contribution >= 4 is 15.7 Å². The Hall–Kier alpha value is -1.07. The second kappa shape index (κ2) is 5.74. The molecule has 5 heteroatoms. The van der Waals surface area contributed by atoms with Crippen molar-refractivity contribution < 1.29 is 8.42 Å². The summed E-state index contributed by atoms with van der Waals surface area (Å²) in [4.78, 5) is 0.376. The van der Waals surface area contributed by atoms with Crippen molar-refractivity contribution in [2.75, 3.05) is 5.73 Å². The van der Waals surface area contributed by atoms with E-state index in [1.807, 2.05) is 6.92 Å². The van der Waals surface area contributed by atoms with Gasteiger partial charge < -0.3 is 5.73 Å². The molecule has 0 spiro atoms. The summed E-state index contributed by atoms with van der Waals surface area (Å²) in [5, 5.41) is 0. The van der Waals surface area contributed by atoms with E-state index >= 15 is 0 Å². The lowest BCUT2D eigenvalue weighted by Crippen LogP contribution is -2.35. The van der Waals surface area contributed by atoms with E-state index in [1.54, 1.807) is 26.0 Å². The maximum atomic E-state index is 12.6. The van der Waals surface area contributed by atoms with Crippen LogP contribution in [0.1, 0.15) is 43.7 Å². The smallest absolute Gasteiger partial charge is 0.241 e. The summed E-state index contributed by atoms with van der Waals surface area (Å²) in [6.07, 6.45) is 4.24. The van der Waals surface area contributed by atoms with Gasteiger partial charge >= 0.3 is 0 Å². The van der Waals surface area contributed by atoms with Gasteiger partial charge in [0.05, 0.1) is 4.90 Å². The monoisotopic (exact) mass is 296 g/mol. The van der Waals surface area contributed by atoms with Crippen LogP contribution >= 0.6 is 0 Å². The number of sulfonamides is 1. The van der Waals surface area contributed by atoms with E-state index in [9.17, 15) is 8.42 Å². The first kappa shape index (κ1) is 15.3. The van der Waals surface area contributed by atoms with Gasteiger partial charge in [0.2, 0.25) is 10.0 Å². The number of nitrogens with one attached hydrogen (secondary N) is 1. The molecule has 1 atom stereocenters. The highest BCUT2D eigenvalue weighted by Gasteiger charge is 2.28. The third-order valence-electron chi connectivity index (χ3n) is 3.88. The molecule has 20 heavy (non-hydrogen) atoms. The minimum absolute atomic E-state index is 0.0313. The van der Waals surface area contributed by atoms with Crippen LogP contribution in [0.15, 0.2) is 17.0 Å². The minimum Gasteiger partial charge on any atom is -0.399 e. The maximum Gasteiger partial charge on any atom is 0.241 e. The highest BCUT2D eigenvalue weighted by atomic mass is 32.2. The van der Waals surface area contributed by atoms with Crippen LogP contribution in [0.2, 0.25) is 0 Å². The van der Waals surface area contributed by atoms with Gasteiger partial charge in [-0.25, -0.2) is 13.1 Å². The second-order valence-corrected chi connectivity index (χ2v) is 7.54. The largest absolute Gasteiger partial charge is 0.399 e. The van der Waals surface area contributed by atoms with Gasteiger partial charge in [-0.05, 0) is 55.9 Å². The number of hydrogen-bond donors (Lipinski definition) is 2. The number of anilines is 1. The van der Waals surface area contributed by atoms with Crippen molar-refractivity contribution in [2.24, 2.45) is 5.92 Å². The first-order valence-corrected chi connectivity index (χ1v) is 8.71. The Balaban J connectivity index is 2.25. The Bertz CT molecular complexity index is 569. The zero-order valence-electron chi connectivity index (χ0n) is 12.4. The van der Waals surface area contributed by atoms with Crippen LogP contribution in [0.5, 0.6) is 0 Å². The Morgan fingerprint density at radius 2 is 1.85 bits per heavy atom. The number of hydrogen-bond acceptors (Lipinski definition) is 3. The molecule has 1 aromatic rings. The normalized spacial score (nSPS) is 17.1. The molecule has 0 bridgehead atoms. The van der Waals surface area contributed by atoms with Gasteiger partial charge in [0.1, 0.15) is 0 Å². The molecule has 4 nitrogen and oxygen atoms in total. The molecule has 3 N–H and O–H groups in total. The molecule has 0 heterocycles. The molecule has 1 saturated carbocycles. The number of rotatable bonds is 6. The average Bonchev–Trinajstić information content (AvgIpc) is 3.09. The summed E-state index contributed by atoms with van der Waals surface area (Å²) in [5.41, 5.74) is 7.77. The molecule has 1 aliphatic carbocycles. The molecular formula is C15H24N2O2S. The number of nitrogen functional groups attached to an aromatic ring is 1. The number of nitrogens with two attached hydrogens (primary N) is 1. The fourth-order valence-electron chi connectivity index (χ4n) is 2.74. The molecule has 112 valence electrons. The zero-order valence-corrected chi connectivity index (χ0v) is 13.3. The second-order valence-electron chi connectivity index (χ2n) is 5.89. The molecule has 2 rings (SSSR count). The molecule has 0 aromatic heterocycles. The molecular weight excluding hydrogens is 272 g/mol. The van der Waals surface area contributed by atoms with Crippen molar-refractivity contribution in [3.8, 4) is 0 Å². The van der Waals surface area contributed by atoms with Crippen LogP contribution in [-0.2, 0) is 10.0 Å². The van der Waals surface area contributed by atoms with Crippen molar-refractivity contribution in [3.63, 3.8) is 0 Å². The molecule has 0 saturated heterocycles. The molecule has 1 unspecified atom stereocenters. The Morgan fingerprint density at radius 3 is 2.30 bits per heavy atom. The number of aryl methyl sites for hydroxylation is 2. The van der Waals surface area contributed by atoms with Crippen LogP contribution in [0, 0.1) is 19.8 Å². The van der Waals surface area contributed by atoms with Gasteiger partial charge in [0.25, 0.3) is 0 Å². The van der Waals surface area contributed by atoms with Crippen LogP contribution in [0.4, 0.5) is 5.69 Å². The third kappa shape index (κ3) is 3.52. The van der Waals surface area contributed by atoms with E-state index in [2.05, 4.69) is 4.72 Å². The first-order chi connectivity index (χ1) is 9.33. The van der Waals surface area contributed by atoms with Crippen molar-refractivity contribution in [3.05, 3.63) is 23.3 Å². The predicted molar refractivity (Wildman–Crippen MR) is 82.1 cm³/mol. The lowest BCUT2D eigenvalue weighted by atomic mass is 10.1. The Kier molecular flexibility index (Phi) is 4.39. The van der Waals surface area contributed by atoms with E-state index in [0.717, 1.165) is 12.8 Å². The Labute approximate surface area is 121 Å². The fraction of sp³-hybridized carbons (Fsp3) is 0.600. The van der Waals surface area contributed by atoms with Gasteiger partial charge in [0.15, 0.2) is 0 Å². The standard InChI is InChI=1S/C15H24N2O2S/c1-4-14(9-12-5-6-12)17-20(18,19)15-10(2)7-13(16)8-11(15)3/h7-8,12,14,17H,4-6,9,16H2,1-3H3. The van der Waals surface area contributed by atoms with E-state index in [4.69, 9.17) is 5.73 Å². The van der Waals surface area contributed by atoms with Crippen LogP contribution in [0.25, 0.3) is 0 Å². The van der Waals surface area contributed by atoms with E-state index in [-0.39, 0.29) is 6.04 Å². The van der Waals surface area contributed by atoms with Crippen LogP contribution in [-0.4, -0.2) is 14.5 Å². The van der Waals surface area contributed by atoms with Crippen LogP contribution in [0.3, 0.4) is 0 Å². The quantitative estimate of drug-likeness (QED) is 0.793. The van der Waals surface area contributed by atoms with Gasteiger partial charge in [0, 0.05) is 11.7 Å². The molecule has 0 radical (unpaired) electrons. The molecule has 1 fully saturated rings. The highest BCUT2D eigenvalue weighted by Crippen LogP contribution is 2.34. The zero-order chi connectivity index (χ0) is 14.9. The lowest BCUT2D eigenvalue weighted by Gasteiger charge is -2.19. The molecule has 0 aliphatic heterocycles. The topological polar surface area (TPSA) is 72.2 Å². The predicted octanol–water partition coefficient (Wildman–Crippen LogP) is 2.74. The van der Waals surface area contributed by atoms with Gasteiger partial charge in [-0.2, -0.15) is 0 Å². The maximum absolute atomic E-state index is 12.6. The summed E-state index contributed by atoms with van der Waals surface area (Å²) >= 11 is 0. The summed E-state index contributed by atoms with van der Waals surface area (Å²) in [5.74, 6) is 0.705. The van der Waals surface area contributed by atoms with Crippen molar-refractivity contribution in [1.29, 1.82) is 0 Å². The summed E-state index contributed by atoms with van der Waals surface area (Å²) in [7, 11) is -3.47. The van der Waals surface area contributed by atoms with Gasteiger partial charge in [-0.3, -0.25) is 0 Å². The summed E-state index contributed by atoms with van der Waals surface area (Å²) in [6, 6.07) is 3.45. The van der Waals surface area contributed by atoms with Crippen LogP contribution < -0.4 is 10.5 Å². The SMILES string of the molecule is CCC(CC1CC1)NS(=O)(=O)c1c(C)cc(N)cc1C. The first-order valence-electron chi connectivity index (χ1n) is 7.22. The van der Waals surface area contributed by atoms with Crippen molar-refractivity contribution in [1.82, 2.24) is 4.72 Å². The van der Waals surface area contributed by atoms with Gasteiger partial charge in [-0.15, -0.1) is 0 Å².